The average Bonchev–Trinajstić information content (AvgIpc) is 3.13. The molecule has 6 heteroatoms. The molecule has 26 heavy (non-hydrogen) atoms. The molecule has 1 aromatic carbocycles. The van der Waals surface area contributed by atoms with E-state index in [-0.39, 0.29) is 18.0 Å². The Morgan fingerprint density at radius 2 is 2.00 bits per heavy atom. The minimum atomic E-state index is -0.142. The SMILES string of the molecule is N=C1C2CNCCC2=NC2C(c3ccc(-c4ccccc4)nc3)C=NN12. The van der Waals surface area contributed by atoms with E-state index in [4.69, 9.17) is 10.4 Å². The summed E-state index contributed by atoms with van der Waals surface area (Å²) in [6.45, 7) is 1.72. The molecular formula is C20H20N6. The quantitative estimate of drug-likeness (QED) is 0.879. The van der Waals surface area contributed by atoms with Crippen LogP contribution in [0, 0.1) is 11.3 Å². The Labute approximate surface area is 152 Å². The van der Waals surface area contributed by atoms with E-state index in [1.807, 2.05) is 30.6 Å². The number of nitrogens with zero attached hydrogens (tertiary/aromatic N) is 4. The van der Waals surface area contributed by atoms with Gasteiger partial charge in [-0.3, -0.25) is 15.4 Å². The van der Waals surface area contributed by atoms with Crippen LogP contribution in [-0.4, -0.2) is 47.0 Å². The standard InChI is InChI=1S/C20H20N6/c21-19-16-11-22-9-8-18(16)25-20-15(12-24-26(19)20)14-6-7-17(23-10-14)13-4-2-1-3-5-13/h1-7,10,12,15-16,20-22H,8-9,11H2. The second-order valence-electron chi connectivity index (χ2n) is 6.90. The number of nitrogens with one attached hydrogen (secondary N) is 2. The summed E-state index contributed by atoms with van der Waals surface area (Å²) in [6.07, 6.45) is 4.60. The number of rotatable bonds is 2. The van der Waals surface area contributed by atoms with Crippen molar-refractivity contribution in [2.24, 2.45) is 16.0 Å². The van der Waals surface area contributed by atoms with E-state index in [0.717, 1.165) is 42.0 Å². The third-order valence-electron chi connectivity index (χ3n) is 5.35. The van der Waals surface area contributed by atoms with Gasteiger partial charge in [-0.2, -0.15) is 5.10 Å². The molecule has 5 rings (SSSR count). The predicted molar refractivity (Wildman–Crippen MR) is 103 cm³/mol. The Morgan fingerprint density at radius 1 is 1.12 bits per heavy atom. The van der Waals surface area contributed by atoms with Crippen LogP contribution in [0.3, 0.4) is 0 Å². The van der Waals surface area contributed by atoms with Crippen LogP contribution in [-0.2, 0) is 0 Å². The fourth-order valence-electron chi connectivity index (χ4n) is 3.91. The van der Waals surface area contributed by atoms with Gasteiger partial charge in [-0.25, -0.2) is 5.01 Å². The number of aliphatic imine (C=N–C) groups is 1. The Hall–Kier alpha value is -2.86. The van der Waals surface area contributed by atoms with E-state index < -0.39 is 0 Å². The fourth-order valence-corrected chi connectivity index (χ4v) is 3.91. The van der Waals surface area contributed by atoms with Crippen molar-refractivity contribution in [3.8, 4) is 11.3 Å². The second-order valence-corrected chi connectivity index (χ2v) is 6.90. The maximum absolute atomic E-state index is 8.52. The van der Waals surface area contributed by atoms with Gasteiger partial charge in [-0.05, 0) is 18.1 Å². The molecule has 6 nitrogen and oxygen atoms in total. The number of aromatic nitrogens is 1. The van der Waals surface area contributed by atoms with Crippen LogP contribution in [0.15, 0.2) is 58.8 Å². The largest absolute Gasteiger partial charge is 0.315 e. The first-order valence-corrected chi connectivity index (χ1v) is 9.02. The highest BCUT2D eigenvalue weighted by Crippen LogP contribution is 2.34. The lowest BCUT2D eigenvalue weighted by Crippen LogP contribution is -2.52. The van der Waals surface area contributed by atoms with Crippen LogP contribution in [0.5, 0.6) is 0 Å². The van der Waals surface area contributed by atoms with Gasteiger partial charge in [0.15, 0.2) is 6.17 Å². The van der Waals surface area contributed by atoms with Gasteiger partial charge in [0, 0.05) is 36.8 Å². The Morgan fingerprint density at radius 3 is 2.81 bits per heavy atom. The first-order chi connectivity index (χ1) is 12.8. The maximum atomic E-state index is 8.52. The molecule has 0 amide bonds. The summed E-state index contributed by atoms with van der Waals surface area (Å²) in [6, 6.07) is 14.3. The van der Waals surface area contributed by atoms with Crippen molar-refractivity contribution in [1.82, 2.24) is 15.3 Å². The molecule has 0 aliphatic carbocycles. The van der Waals surface area contributed by atoms with Crippen molar-refractivity contribution in [3.05, 3.63) is 54.2 Å². The molecule has 3 unspecified atom stereocenters. The van der Waals surface area contributed by atoms with Crippen LogP contribution < -0.4 is 5.32 Å². The molecule has 3 aliphatic rings. The lowest BCUT2D eigenvalue weighted by Gasteiger charge is -2.37. The number of fused-ring (bicyclic) bond motifs is 2. The van der Waals surface area contributed by atoms with E-state index in [9.17, 15) is 0 Å². The van der Waals surface area contributed by atoms with Gasteiger partial charge in [-0.1, -0.05) is 36.4 Å². The molecule has 0 bridgehead atoms. The zero-order valence-corrected chi connectivity index (χ0v) is 14.3. The maximum Gasteiger partial charge on any atom is 0.155 e. The zero-order valence-electron chi connectivity index (χ0n) is 14.3. The number of amidine groups is 1. The van der Waals surface area contributed by atoms with Gasteiger partial charge in [-0.15, -0.1) is 0 Å². The number of benzene rings is 1. The van der Waals surface area contributed by atoms with Crippen LogP contribution in [0.2, 0.25) is 0 Å². The van der Waals surface area contributed by atoms with Crippen molar-refractivity contribution in [1.29, 1.82) is 5.41 Å². The van der Waals surface area contributed by atoms with Gasteiger partial charge >= 0.3 is 0 Å². The zero-order chi connectivity index (χ0) is 17.5. The summed E-state index contributed by atoms with van der Waals surface area (Å²) in [5.41, 5.74) is 4.30. The van der Waals surface area contributed by atoms with Crippen molar-refractivity contribution in [2.75, 3.05) is 13.1 Å². The van der Waals surface area contributed by atoms with Gasteiger partial charge in [0.2, 0.25) is 0 Å². The molecule has 2 aromatic rings. The summed E-state index contributed by atoms with van der Waals surface area (Å²) < 4.78 is 0. The summed E-state index contributed by atoms with van der Waals surface area (Å²) in [7, 11) is 0. The van der Waals surface area contributed by atoms with E-state index in [1.54, 1.807) is 5.01 Å². The topological polar surface area (TPSA) is 76.7 Å². The van der Waals surface area contributed by atoms with Crippen LogP contribution in [0.25, 0.3) is 11.3 Å². The fraction of sp³-hybridized carbons (Fsp3) is 0.300. The van der Waals surface area contributed by atoms with Crippen molar-refractivity contribution in [3.63, 3.8) is 0 Å². The molecule has 1 aromatic heterocycles. The minimum Gasteiger partial charge on any atom is -0.315 e. The molecule has 1 fully saturated rings. The number of hydrogen-bond acceptors (Lipinski definition) is 5. The average molecular weight is 344 g/mol. The molecule has 0 spiro atoms. The second kappa shape index (κ2) is 6.14. The molecule has 130 valence electrons. The molecular weight excluding hydrogens is 324 g/mol. The minimum absolute atomic E-state index is 0.0380. The van der Waals surface area contributed by atoms with Gasteiger partial charge in [0.1, 0.15) is 5.84 Å². The summed E-state index contributed by atoms with van der Waals surface area (Å²) >= 11 is 0. The number of piperidine rings is 1. The Bertz CT molecular complexity index is 886. The lowest BCUT2D eigenvalue weighted by atomic mass is 9.90. The molecule has 3 aliphatic heterocycles. The summed E-state index contributed by atoms with van der Waals surface area (Å²) in [5, 5.41) is 18.1. The Kier molecular flexibility index (Phi) is 3.64. The number of pyridine rings is 1. The van der Waals surface area contributed by atoms with E-state index in [2.05, 4.69) is 39.7 Å². The first-order valence-electron chi connectivity index (χ1n) is 9.02. The number of hydrazone groups is 1. The van der Waals surface area contributed by atoms with Crippen LogP contribution in [0.4, 0.5) is 0 Å². The molecule has 4 heterocycles. The normalized spacial score (nSPS) is 27.1. The summed E-state index contributed by atoms with van der Waals surface area (Å²) in [5.74, 6) is 0.658. The Balaban J connectivity index is 1.44. The highest BCUT2D eigenvalue weighted by atomic mass is 15.6. The third-order valence-corrected chi connectivity index (χ3v) is 5.35. The van der Waals surface area contributed by atoms with Crippen LogP contribution >= 0.6 is 0 Å². The van der Waals surface area contributed by atoms with E-state index in [1.165, 1.54) is 0 Å². The van der Waals surface area contributed by atoms with E-state index in [0.29, 0.717) is 5.84 Å². The highest BCUT2D eigenvalue weighted by molar-refractivity contribution is 6.08. The van der Waals surface area contributed by atoms with E-state index >= 15 is 0 Å². The summed E-state index contributed by atoms with van der Waals surface area (Å²) in [4.78, 5) is 9.60. The van der Waals surface area contributed by atoms with Gasteiger partial charge in [0.05, 0.1) is 17.5 Å². The highest BCUT2D eigenvalue weighted by Gasteiger charge is 2.42. The molecule has 2 N–H and O–H groups in total. The number of hydrogen-bond donors (Lipinski definition) is 2. The third kappa shape index (κ3) is 2.45. The molecule has 1 saturated heterocycles. The monoisotopic (exact) mass is 344 g/mol. The molecule has 3 atom stereocenters. The van der Waals surface area contributed by atoms with Crippen LogP contribution in [0.1, 0.15) is 17.9 Å². The predicted octanol–water partition coefficient (Wildman–Crippen LogP) is 2.50. The van der Waals surface area contributed by atoms with Crippen molar-refractivity contribution in [2.45, 2.75) is 18.5 Å². The van der Waals surface area contributed by atoms with Gasteiger partial charge in [0.25, 0.3) is 0 Å². The smallest absolute Gasteiger partial charge is 0.155 e. The van der Waals surface area contributed by atoms with Crippen molar-refractivity contribution >= 4 is 17.8 Å². The first kappa shape index (κ1) is 15.4. The van der Waals surface area contributed by atoms with Gasteiger partial charge < -0.3 is 5.32 Å². The lowest BCUT2D eigenvalue weighted by molar-refractivity contribution is 0.319. The molecule has 0 radical (unpaired) electrons. The van der Waals surface area contributed by atoms with Crippen molar-refractivity contribution < 1.29 is 0 Å². The molecule has 0 saturated carbocycles.